The normalized spacial score (nSPS) is 10.5. The van der Waals surface area contributed by atoms with Gasteiger partial charge in [0.2, 0.25) is 0 Å². The number of nitrogens with zero attached hydrogens (tertiary/aromatic N) is 2. The molecule has 5 rings (SSSR count). The molecule has 0 aliphatic carbocycles. The predicted octanol–water partition coefficient (Wildman–Crippen LogP) is 7.45. The first kappa shape index (κ1) is 34.4. The number of carboxylic acids is 1. The summed E-state index contributed by atoms with van der Waals surface area (Å²) in [6, 6.07) is 26.4. The fraction of sp³-hybridized carbons (Fsp3) is 0.212. The van der Waals surface area contributed by atoms with Gasteiger partial charge in [-0.05, 0) is 65.6 Å². The Morgan fingerprint density at radius 3 is 2.34 bits per heavy atom. The first-order chi connectivity index (χ1) is 20.3. The molecule has 11 heteroatoms. The number of nitrogens with two attached hydrogens (primary N) is 1. The van der Waals surface area contributed by atoms with Gasteiger partial charge < -0.3 is 29.6 Å². The minimum Gasteiger partial charge on any atom is -0.493 e. The summed E-state index contributed by atoms with van der Waals surface area (Å²) in [5.74, 6) is 2.01. The highest BCUT2D eigenvalue weighted by Gasteiger charge is 2.12. The van der Waals surface area contributed by atoms with Crippen LogP contribution in [0.4, 0.5) is 5.69 Å². The third kappa shape index (κ3) is 9.19. The van der Waals surface area contributed by atoms with Gasteiger partial charge in [0, 0.05) is 42.7 Å². The number of fused-ring (bicyclic) bond motifs is 1. The quantitative estimate of drug-likeness (QED) is 0.127. The van der Waals surface area contributed by atoms with E-state index < -0.39 is 5.97 Å². The number of carboxylic acid groups (broad SMARTS) is 1. The zero-order valence-corrected chi connectivity index (χ0v) is 26.5. The van der Waals surface area contributed by atoms with Crippen LogP contribution in [0, 0.1) is 0 Å². The zero-order chi connectivity index (χ0) is 29.5. The number of hydrogen-bond donors (Lipinski definition) is 2. The molecule has 0 aliphatic rings. The van der Waals surface area contributed by atoms with Crippen LogP contribution in [-0.4, -0.2) is 27.2 Å². The average Bonchev–Trinajstić information content (AvgIpc) is 3.29. The van der Waals surface area contributed by atoms with Crippen molar-refractivity contribution in [2.75, 3.05) is 12.3 Å². The van der Waals surface area contributed by atoms with Gasteiger partial charge in [-0.2, -0.15) is 0 Å². The number of hydrogen-bond acceptors (Lipinski definition) is 6. The molecule has 0 unspecified atom stereocenters. The topological polar surface area (TPSA) is 109 Å². The van der Waals surface area contributed by atoms with Gasteiger partial charge in [-0.3, -0.25) is 4.79 Å². The minimum atomic E-state index is -0.860. The number of halogens is 3. The molecule has 232 valence electrons. The van der Waals surface area contributed by atoms with Gasteiger partial charge in [-0.25, -0.2) is 4.98 Å². The molecule has 0 fully saturated rings. The van der Waals surface area contributed by atoms with Crippen LogP contribution in [0.3, 0.4) is 0 Å². The Kier molecular flexibility index (Phi) is 12.6. The molecule has 8 nitrogen and oxygen atoms in total. The van der Waals surface area contributed by atoms with E-state index in [-0.39, 0.29) is 31.2 Å². The van der Waals surface area contributed by atoms with E-state index in [9.17, 15) is 4.79 Å². The highest BCUT2D eigenvalue weighted by atomic mass is 35.5. The molecule has 4 aromatic carbocycles. The number of aromatic nitrogens is 2. The summed E-state index contributed by atoms with van der Waals surface area (Å²) in [6.07, 6.45) is 0.959. The van der Waals surface area contributed by atoms with E-state index in [0.29, 0.717) is 54.9 Å². The van der Waals surface area contributed by atoms with E-state index in [1.54, 1.807) is 12.1 Å². The molecular weight excluding hydrogens is 625 g/mol. The summed E-state index contributed by atoms with van der Waals surface area (Å²) in [4.78, 5) is 15.9. The lowest BCUT2D eigenvalue weighted by molar-refractivity contribution is -0.136. The second-order valence-corrected chi connectivity index (χ2v) is 10.4. The first-order valence-corrected chi connectivity index (χ1v) is 14.0. The maximum Gasteiger partial charge on any atom is 0.303 e. The summed E-state index contributed by atoms with van der Waals surface area (Å²) >= 11 is 5.99. The van der Waals surface area contributed by atoms with E-state index in [4.69, 9.17) is 41.6 Å². The van der Waals surface area contributed by atoms with E-state index in [0.717, 1.165) is 39.3 Å². The summed E-state index contributed by atoms with van der Waals surface area (Å²) < 4.78 is 20.2. The Morgan fingerprint density at radius 1 is 0.864 bits per heavy atom. The third-order valence-electron chi connectivity index (χ3n) is 6.85. The van der Waals surface area contributed by atoms with Gasteiger partial charge in [-0.1, -0.05) is 41.9 Å². The smallest absolute Gasteiger partial charge is 0.303 e. The minimum absolute atomic E-state index is 0. The van der Waals surface area contributed by atoms with Gasteiger partial charge in [0.15, 0.2) is 0 Å². The Bertz CT molecular complexity index is 1690. The van der Waals surface area contributed by atoms with Crippen LogP contribution < -0.4 is 19.9 Å². The number of imidazole rings is 1. The molecule has 0 spiro atoms. The molecule has 0 amide bonds. The Labute approximate surface area is 273 Å². The highest BCUT2D eigenvalue weighted by Crippen LogP contribution is 2.28. The lowest BCUT2D eigenvalue weighted by atomic mass is 10.1. The zero-order valence-electron chi connectivity index (χ0n) is 24.1. The molecule has 3 N–H and O–H groups in total. The lowest BCUT2D eigenvalue weighted by Crippen LogP contribution is -2.07. The van der Waals surface area contributed by atoms with Gasteiger partial charge in [0.1, 0.15) is 36.3 Å². The van der Waals surface area contributed by atoms with Crippen LogP contribution in [0.15, 0.2) is 84.9 Å². The van der Waals surface area contributed by atoms with Crippen molar-refractivity contribution in [2.45, 2.75) is 32.5 Å². The number of carbonyl (C=O) groups is 1. The van der Waals surface area contributed by atoms with Crippen LogP contribution in [0.5, 0.6) is 17.2 Å². The molecule has 5 aromatic rings. The van der Waals surface area contributed by atoms with Gasteiger partial charge in [0.05, 0.1) is 17.6 Å². The van der Waals surface area contributed by atoms with Crippen molar-refractivity contribution in [3.8, 4) is 17.2 Å². The second-order valence-electron chi connectivity index (χ2n) is 9.95. The fourth-order valence-corrected chi connectivity index (χ4v) is 4.72. The Morgan fingerprint density at radius 2 is 1.59 bits per heavy atom. The number of ether oxygens (including phenoxy) is 3. The number of aliphatic carboxylic acids is 1. The molecule has 1 aromatic heterocycles. The fourth-order valence-electron chi connectivity index (χ4n) is 4.59. The number of anilines is 1. The summed E-state index contributed by atoms with van der Waals surface area (Å²) in [5, 5.41) is 9.81. The number of aryl methyl sites for hydroxylation is 2. The van der Waals surface area contributed by atoms with Gasteiger partial charge in [0.25, 0.3) is 0 Å². The van der Waals surface area contributed by atoms with Crippen LogP contribution in [0.2, 0.25) is 5.02 Å². The summed E-state index contributed by atoms with van der Waals surface area (Å²) in [7, 11) is 1.98. The Hall–Kier alpha value is -4.11. The van der Waals surface area contributed by atoms with Gasteiger partial charge in [-0.15, -0.1) is 24.8 Å². The molecule has 0 aliphatic heterocycles. The summed E-state index contributed by atoms with van der Waals surface area (Å²) in [5.41, 5.74) is 11.2. The van der Waals surface area contributed by atoms with Crippen LogP contribution in [0.1, 0.15) is 28.9 Å². The number of benzene rings is 4. The van der Waals surface area contributed by atoms with Crippen LogP contribution in [0.25, 0.3) is 11.0 Å². The molecule has 1 heterocycles. The largest absolute Gasteiger partial charge is 0.493 e. The average molecular weight is 659 g/mol. The van der Waals surface area contributed by atoms with Crippen molar-refractivity contribution >= 4 is 59.1 Å². The molecule has 44 heavy (non-hydrogen) atoms. The van der Waals surface area contributed by atoms with E-state index >= 15 is 0 Å². The van der Waals surface area contributed by atoms with Crippen LogP contribution in [-0.2, 0) is 37.9 Å². The molecule has 0 atom stereocenters. The maximum absolute atomic E-state index is 11.2. The van der Waals surface area contributed by atoms with E-state index in [1.165, 1.54) is 0 Å². The first-order valence-electron chi connectivity index (χ1n) is 13.6. The molecule has 0 saturated carbocycles. The van der Waals surface area contributed by atoms with Crippen molar-refractivity contribution in [1.29, 1.82) is 0 Å². The second kappa shape index (κ2) is 16.1. The monoisotopic (exact) mass is 657 g/mol. The van der Waals surface area contributed by atoms with Crippen molar-refractivity contribution in [3.63, 3.8) is 0 Å². The van der Waals surface area contributed by atoms with Crippen molar-refractivity contribution in [1.82, 2.24) is 9.55 Å². The van der Waals surface area contributed by atoms with Crippen molar-refractivity contribution in [3.05, 3.63) is 112 Å². The van der Waals surface area contributed by atoms with E-state index in [1.807, 2.05) is 84.4 Å². The van der Waals surface area contributed by atoms with Gasteiger partial charge >= 0.3 is 5.97 Å². The lowest BCUT2D eigenvalue weighted by Gasteiger charge is -2.14. The van der Waals surface area contributed by atoms with Crippen LogP contribution >= 0.6 is 36.4 Å². The molecule has 0 radical (unpaired) electrons. The molecule has 0 bridgehead atoms. The van der Waals surface area contributed by atoms with Crippen molar-refractivity contribution < 1.29 is 24.1 Å². The summed E-state index contributed by atoms with van der Waals surface area (Å²) in [6.45, 7) is 1.16. The molecular formula is C33H34Cl3N3O5. The number of nitrogen functional groups attached to an aromatic ring is 1. The maximum atomic E-state index is 11.2. The SMILES string of the molecule is Cl.Cl.Cn1c(CCOc2ccc(CCC(=O)O)c(OCc3ccc(Cl)cc3)c2)nc2ccc(OCc3cccc(N)c3)cc21. The highest BCUT2D eigenvalue weighted by molar-refractivity contribution is 6.30. The van der Waals surface area contributed by atoms with Crippen molar-refractivity contribution in [2.24, 2.45) is 7.05 Å². The standard InChI is InChI=1S/C33H32ClN3O5.2ClH/c1-37-30-18-27(41-21-23-3-2-4-26(35)17-23)12-13-29(30)36-32(37)15-16-40-28-11-7-24(8-14-33(38)39)31(19-28)42-20-22-5-9-25(34)10-6-22;;/h2-7,9-13,17-19H,8,14-16,20-21,35H2,1H3,(H,38,39);2*1H. The third-order valence-corrected chi connectivity index (χ3v) is 7.10. The van der Waals surface area contributed by atoms with E-state index in [2.05, 4.69) is 0 Å². The predicted molar refractivity (Wildman–Crippen MR) is 178 cm³/mol. The Balaban J connectivity index is 0.00000264. The molecule has 0 saturated heterocycles. The number of rotatable bonds is 13.